The van der Waals surface area contributed by atoms with Crippen molar-refractivity contribution >= 4 is 0 Å². The summed E-state index contributed by atoms with van der Waals surface area (Å²) in [6.07, 6.45) is 3.52. The summed E-state index contributed by atoms with van der Waals surface area (Å²) in [5.41, 5.74) is 0. The Morgan fingerprint density at radius 2 is 1.85 bits per heavy atom. The Kier molecular flexibility index (Phi) is 5.05. The molecule has 0 radical (unpaired) electrons. The number of hydrogen-bond acceptors (Lipinski definition) is 4. The Morgan fingerprint density at radius 1 is 1.15 bits per heavy atom. The molecule has 4 nitrogen and oxygen atoms in total. The maximum Gasteiger partial charge on any atom is 0.141 e. The van der Waals surface area contributed by atoms with E-state index < -0.39 is 0 Å². The molecule has 0 aromatic carbocycles. The number of likely N-dealkylation sites (N-methyl/N-ethyl adjacent to an activating group) is 1. The quantitative estimate of drug-likeness (QED) is 0.613. The standard InChI is InChI=1S/C9H16N4/c1-2-10-6-7-11-8-9-12-4-3-5-13-9/h3-5,10-11H,2,6-8H2,1H3. The van der Waals surface area contributed by atoms with Crippen LogP contribution in [0, 0.1) is 0 Å². The molecule has 0 aliphatic heterocycles. The van der Waals surface area contributed by atoms with Crippen molar-refractivity contribution in [3.8, 4) is 0 Å². The monoisotopic (exact) mass is 180 g/mol. The van der Waals surface area contributed by atoms with Crippen molar-refractivity contribution in [3.63, 3.8) is 0 Å². The number of aromatic nitrogens is 2. The third-order valence-corrected chi connectivity index (χ3v) is 1.63. The Hall–Kier alpha value is -1.00. The summed E-state index contributed by atoms with van der Waals surface area (Å²) in [6.45, 7) is 5.80. The van der Waals surface area contributed by atoms with E-state index in [1.54, 1.807) is 12.4 Å². The molecule has 2 N–H and O–H groups in total. The molecule has 0 aliphatic rings. The van der Waals surface area contributed by atoms with E-state index in [-0.39, 0.29) is 0 Å². The van der Waals surface area contributed by atoms with Crippen LogP contribution < -0.4 is 10.6 Å². The summed E-state index contributed by atoms with van der Waals surface area (Å²) < 4.78 is 0. The fourth-order valence-corrected chi connectivity index (χ4v) is 0.975. The van der Waals surface area contributed by atoms with Gasteiger partial charge in [0, 0.05) is 25.5 Å². The number of nitrogens with one attached hydrogen (secondary N) is 2. The van der Waals surface area contributed by atoms with E-state index >= 15 is 0 Å². The van der Waals surface area contributed by atoms with E-state index in [4.69, 9.17) is 0 Å². The zero-order valence-corrected chi connectivity index (χ0v) is 7.95. The van der Waals surface area contributed by atoms with E-state index in [9.17, 15) is 0 Å². The summed E-state index contributed by atoms with van der Waals surface area (Å²) in [6, 6.07) is 1.82. The van der Waals surface area contributed by atoms with Gasteiger partial charge in [-0.1, -0.05) is 6.92 Å². The van der Waals surface area contributed by atoms with Gasteiger partial charge < -0.3 is 10.6 Å². The van der Waals surface area contributed by atoms with Crippen molar-refractivity contribution in [3.05, 3.63) is 24.3 Å². The second kappa shape index (κ2) is 6.51. The second-order valence-corrected chi connectivity index (χ2v) is 2.70. The zero-order valence-electron chi connectivity index (χ0n) is 7.95. The van der Waals surface area contributed by atoms with Gasteiger partial charge in [-0.3, -0.25) is 0 Å². The molecule has 1 heterocycles. The molecule has 1 aromatic rings. The first-order valence-corrected chi connectivity index (χ1v) is 4.61. The molecule has 0 atom stereocenters. The average Bonchev–Trinajstić information content (AvgIpc) is 2.19. The molecule has 0 fully saturated rings. The first kappa shape index (κ1) is 10.1. The molecular formula is C9H16N4. The van der Waals surface area contributed by atoms with E-state index in [1.807, 2.05) is 6.07 Å². The van der Waals surface area contributed by atoms with Crippen LogP contribution in [0.15, 0.2) is 18.5 Å². The van der Waals surface area contributed by atoms with Crippen LogP contribution in [0.1, 0.15) is 12.7 Å². The highest BCUT2D eigenvalue weighted by Crippen LogP contribution is 1.84. The lowest BCUT2D eigenvalue weighted by Gasteiger charge is -2.03. The van der Waals surface area contributed by atoms with Crippen LogP contribution in [0.3, 0.4) is 0 Å². The fraction of sp³-hybridized carbons (Fsp3) is 0.556. The molecule has 72 valence electrons. The van der Waals surface area contributed by atoms with Crippen LogP contribution in [-0.4, -0.2) is 29.6 Å². The van der Waals surface area contributed by atoms with Crippen LogP contribution in [-0.2, 0) is 6.54 Å². The molecule has 0 aliphatic carbocycles. The molecule has 4 heteroatoms. The van der Waals surface area contributed by atoms with Gasteiger partial charge in [0.2, 0.25) is 0 Å². The smallest absolute Gasteiger partial charge is 0.141 e. The Labute approximate surface area is 78.8 Å². The third kappa shape index (κ3) is 4.55. The molecule has 1 rings (SSSR count). The van der Waals surface area contributed by atoms with Gasteiger partial charge in [0.15, 0.2) is 0 Å². The van der Waals surface area contributed by atoms with Crippen molar-refractivity contribution in [2.75, 3.05) is 19.6 Å². The molecule has 0 spiro atoms. The third-order valence-electron chi connectivity index (χ3n) is 1.63. The average molecular weight is 180 g/mol. The van der Waals surface area contributed by atoms with Crippen molar-refractivity contribution in [1.82, 2.24) is 20.6 Å². The molecule has 1 aromatic heterocycles. The minimum atomic E-state index is 0.742. The summed E-state index contributed by atoms with van der Waals surface area (Å²) in [5.74, 6) is 0.846. The molecule has 13 heavy (non-hydrogen) atoms. The highest BCUT2D eigenvalue weighted by Gasteiger charge is 1.91. The number of nitrogens with zero attached hydrogens (tertiary/aromatic N) is 2. The van der Waals surface area contributed by atoms with E-state index in [0.29, 0.717) is 0 Å². The summed E-state index contributed by atoms with van der Waals surface area (Å²) in [4.78, 5) is 8.21. The lowest BCUT2D eigenvalue weighted by Crippen LogP contribution is -2.27. The zero-order chi connectivity index (χ0) is 9.36. The van der Waals surface area contributed by atoms with Crippen LogP contribution in [0.2, 0.25) is 0 Å². The lowest BCUT2D eigenvalue weighted by molar-refractivity contribution is 0.611. The maximum absolute atomic E-state index is 4.10. The molecule has 0 unspecified atom stereocenters. The molecule has 0 bridgehead atoms. The van der Waals surface area contributed by atoms with Gasteiger partial charge in [0.25, 0.3) is 0 Å². The van der Waals surface area contributed by atoms with Crippen molar-refractivity contribution in [2.45, 2.75) is 13.5 Å². The lowest BCUT2D eigenvalue weighted by atomic mass is 10.5. The Morgan fingerprint density at radius 3 is 2.54 bits per heavy atom. The fourth-order valence-electron chi connectivity index (χ4n) is 0.975. The first-order chi connectivity index (χ1) is 6.43. The Balaban J connectivity index is 2.07. The normalized spacial score (nSPS) is 10.2. The van der Waals surface area contributed by atoms with Crippen molar-refractivity contribution < 1.29 is 0 Å². The number of rotatable bonds is 6. The van der Waals surface area contributed by atoms with Crippen LogP contribution in [0.4, 0.5) is 0 Å². The number of hydrogen-bond donors (Lipinski definition) is 2. The second-order valence-electron chi connectivity index (χ2n) is 2.70. The van der Waals surface area contributed by atoms with Gasteiger partial charge in [0.05, 0.1) is 6.54 Å². The SMILES string of the molecule is CCNCCNCc1ncccn1. The van der Waals surface area contributed by atoms with Crippen molar-refractivity contribution in [1.29, 1.82) is 0 Å². The van der Waals surface area contributed by atoms with E-state index in [2.05, 4.69) is 27.5 Å². The predicted molar refractivity (Wildman–Crippen MR) is 52.3 cm³/mol. The predicted octanol–water partition coefficient (Wildman–Crippen LogP) is 0.176. The highest BCUT2D eigenvalue weighted by molar-refractivity contribution is 4.87. The minimum absolute atomic E-state index is 0.742. The summed E-state index contributed by atoms with van der Waals surface area (Å²) in [7, 11) is 0. The van der Waals surface area contributed by atoms with Gasteiger partial charge >= 0.3 is 0 Å². The molecular weight excluding hydrogens is 164 g/mol. The van der Waals surface area contributed by atoms with Crippen LogP contribution in [0.25, 0.3) is 0 Å². The van der Waals surface area contributed by atoms with Crippen LogP contribution >= 0.6 is 0 Å². The molecule has 0 saturated heterocycles. The minimum Gasteiger partial charge on any atom is -0.316 e. The Bertz CT molecular complexity index is 212. The van der Waals surface area contributed by atoms with E-state index in [1.165, 1.54) is 0 Å². The maximum atomic E-state index is 4.10. The van der Waals surface area contributed by atoms with Gasteiger partial charge in [-0.15, -0.1) is 0 Å². The topological polar surface area (TPSA) is 49.8 Å². The van der Waals surface area contributed by atoms with Gasteiger partial charge in [0.1, 0.15) is 5.82 Å². The van der Waals surface area contributed by atoms with Gasteiger partial charge in [-0.25, -0.2) is 9.97 Å². The van der Waals surface area contributed by atoms with Crippen molar-refractivity contribution in [2.24, 2.45) is 0 Å². The highest BCUT2D eigenvalue weighted by atomic mass is 15.0. The molecule has 0 saturated carbocycles. The van der Waals surface area contributed by atoms with Crippen LogP contribution in [0.5, 0.6) is 0 Å². The summed E-state index contributed by atoms with van der Waals surface area (Å²) >= 11 is 0. The summed E-state index contributed by atoms with van der Waals surface area (Å²) in [5, 5.41) is 6.48. The van der Waals surface area contributed by atoms with Gasteiger partial charge in [-0.2, -0.15) is 0 Å². The van der Waals surface area contributed by atoms with E-state index in [0.717, 1.165) is 32.0 Å². The van der Waals surface area contributed by atoms with Gasteiger partial charge in [-0.05, 0) is 12.6 Å². The first-order valence-electron chi connectivity index (χ1n) is 4.61. The largest absolute Gasteiger partial charge is 0.316 e. The molecule has 0 amide bonds.